The van der Waals surface area contributed by atoms with Crippen LogP contribution in [0.5, 0.6) is 0 Å². The number of piperidine rings is 1. The highest BCUT2D eigenvalue weighted by molar-refractivity contribution is 9.10. The highest BCUT2D eigenvalue weighted by Gasteiger charge is 2.28. The van der Waals surface area contributed by atoms with Crippen LogP contribution in [0.4, 0.5) is 16.2 Å². The second-order valence-electron chi connectivity index (χ2n) is 10.7. The molecular weight excluding hydrogens is 562 g/mol. The molecule has 1 aliphatic heterocycles. The standard InChI is InChI=1S/C28H32BrN7O3/c1-28(2,3)39-27(38)33-20-10-7-11-35(17-20)24-21(29)13-30-25-23(24)22(14-31-25)34-26(37)19-12-32-36(16-19)15-18-8-5-4-6-9-18/h4-6,8-9,12-14,16,20H,7,10-11,15,17H2,1-3H3,(H,30,31)(H,33,38)(H,34,37). The van der Waals surface area contributed by atoms with Gasteiger partial charge in [0.15, 0.2) is 0 Å². The van der Waals surface area contributed by atoms with Gasteiger partial charge >= 0.3 is 6.09 Å². The van der Waals surface area contributed by atoms with E-state index in [9.17, 15) is 9.59 Å². The van der Waals surface area contributed by atoms with Gasteiger partial charge in [0.05, 0.1) is 39.5 Å². The molecule has 39 heavy (non-hydrogen) atoms. The summed E-state index contributed by atoms with van der Waals surface area (Å²) in [5.74, 6) is -0.260. The Balaban J connectivity index is 1.34. The topological polar surface area (TPSA) is 117 Å². The smallest absolute Gasteiger partial charge is 0.407 e. The number of halogens is 1. The molecule has 1 atom stereocenters. The Morgan fingerprint density at radius 2 is 2.00 bits per heavy atom. The molecule has 4 aromatic rings. The summed E-state index contributed by atoms with van der Waals surface area (Å²) in [4.78, 5) is 35.5. The summed E-state index contributed by atoms with van der Waals surface area (Å²) in [5.41, 5.74) is 3.19. The lowest BCUT2D eigenvalue weighted by Gasteiger charge is -2.36. The third-order valence-electron chi connectivity index (χ3n) is 6.42. The Bertz CT molecular complexity index is 1480. The van der Waals surface area contributed by atoms with Crippen molar-refractivity contribution in [3.8, 4) is 0 Å². The Labute approximate surface area is 235 Å². The predicted octanol–water partition coefficient (Wildman–Crippen LogP) is 5.32. The fourth-order valence-corrected chi connectivity index (χ4v) is 5.32. The van der Waals surface area contributed by atoms with Crippen LogP contribution in [0.1, 0.15) is 49.5 Å². The number of aromatic nitrogens is 4. The van der Waals surface area contributed by atoms with E-state index in [0.717, 1.165) is 40.5 Å². The van der Waals surface area contributed by atoms with Gasteiger partial charge in [-0.2, -0.15) is 5.10 Å². The van der Waals surface area contributed by atoms with Gasteiger partial charge in [-0.15, -0.1) is 0 Å². The molecule has 3 N–H and O–H groups in total. The molecule has 204 valence electrons. The van der Waals surface area contributed by atoms with Gasteiger partial charge in [-0.3, -0.25) is 9.48 Å². The van der Waals surface area contributed by atoms with E-state index in [1.165, 1.54) is 0 Å². The van der Waals surface area contributed by atoms with Gasteiger partial charge in [-0.25, -0.2) is 9.78 Å². The van der Waals surface area contributed by atoms with Crippen molar-refractivity contribution in [1.29, 1.82) is 0 Å². The zero-order valence-corrected chi connectivity index (χ0v) is 23.8. The molecule has 0 radical (unpaired) electrons. The van der Waals surface area contributed by atoms with Crippen molar-refractivity contribution >= 4 is 50.3 Å². The summed E-state index contributed by atoms with van der Waals surface area (Å²) in [7, 11) is 0. The zero-order valence-electron chi connectivity index (χ0n) is 22.2. The summed E-state index contributed by atoms with van der Waals surface area (Å²) in [6, 6.07) is 9.89. The monoisotopic (exact) mass is 593 g/mol. The molecule has 4 heterocycles. The number of H-pyrrole nitrogens is 1. The van der Waals surface area contributed by atoms with Crippen molar-refractivity contribution in [2.24, 2.45) is 0 Å². The first-order valence-electron chi connectivity index (χ1n) is 12.9. The molecule has 11 heteroatoms. The van der Waals surface area contributed by atoms with Crippen molar-refractivity contribution in [1.82, 2.24) is 25.1 Å². The molecule has 1 aliphatic rings. The van der Waals surface area contributed by atoms with Crippen molar-refractivity contribution < 1.29 is 14.3 Å². The molecule has 1 fully saturated rings. The fourth-order valence-electron chi connectivity index (χ4n) is 4.77. The molecule has 0 bridgehead atoms. The van der Waals surface area contributed by atoms with Crippen LogP contribution in [0, 0.1) is 0 Å². The van der Waals surface area contributed by atoms with Gasteiger partial charge in [0.1, 0.15) is 11.2 Å². The molecule has 0 aliphatic carbocycles. The van der Waals surface area contributed by atoms with E-state index >= 15 is 0 Å². The van der Waals surface area contributed by atoms with Gasteiger partial charge < -0.3 is 25.3 Å². The van der Waals surface area contributed by atoms with E-state index in [1.54, 1.807) is 29.5 Å². The zero-order chi connectivity index (χ0) is 27.6. The van der Waals surface area contributed by atoms with Crippen LogP contribution in [-0.2, 0) is 11.3 Å². The van der Waals surface area contributed by atoms with Crippen LogP contribution < -0.4 is 15.5 Å². The number of ether oxygens (including phenoxy) is 1. The lowest BCUT2D eigenvalue weighted by atomic mass is 10.0. The number of rotatable bonds is 6. The molecule has 1 aromatic carbocycles. The van der Waals surface area contributed by atoms with E-state index in [-0.39, 0.29) is 11.9 Å². The minimum atomic E-state index is -0.561. The molecular formula is C28H32BrN7O3. The fraction of sp³-hybridized carbons (Fsp3) is 0.357. The minimum Gasteiger partial charge on any atom is -0.444 e. The van der Waals surface area contributed by atoms with Gasteiger partial charge in [0, 0.05) is 37.7 Å². The average molecular weight is 595 g/mol. The normalized spacial score (nSPS) is 15.8. The number of hydrogen-bond donors (Lipinski definition) is 3. The lowest BCUT2D eigenvalue weighted by Crippen LogP contribution is -2.49. The quantitative estimate of drug-likeness (QED) is 0.279. The number of alkyl carbamates (subject to hydrolysis) is 1. The SMILES string of the molecule is CC(C)(C)OC(=O)NC1CCCN(c2c(Br)cnc3[nH]cc(NC(=O)c4cnn(Cc5ccccc5)c4)c23)C1. The molecule has 10 nitrogen and oxygen atoms in total. The first-order chi connectivity index (χ1) is 18.7. The first-order valence-corrected chi connectivity index (χ1v) is 13.7. The van der Waals surface area contributed by atoms with Crippen LogP contribution in [0.15, 0.2) is 59.6 Å². The Kier molecular flexibility index (Phi) is 7.60. The molecule has 1 saturated heterocycles. The number of carbonyl (C=O) groups is 2. The molecule has 5 rings (SSSR count). The lowest BCUT2D eigenvalue weighted by molar-refractivity contribution is 0.0500. The van der Waals surface area contributed by atoms with Crippen molar-refractivity contribution in [3.63, 3.8) is 0 Å². The summed E-state index contributed by atoms with van der Waals surface area (Å²) in [6.45, 7) is 7.52. The number of nitrogens with one attached hydrogen (secondary N) is 3. The summed E-state index contributed by atoms with van der Waals surface area (Å²) >= 11 is 3.67. The number of fused-ring (bicyclic) bond motifs is 1. The summed E-state index contributed by atoms with van der Waals surface area (Å²) in [5, 5.41) is 11.2. The van der Waals surface area contributed by atoms with Crippen LogP contribution in [-0.4, -0.2) is 56.5 Å². The van der Waals surface area contributed by atoms with Gasteiger partial charge in [0.2, 0.25) is 0 Å². The average Bonchev–Trinajstić information content (AvgIpc) is 3.51. The van der Waals surface area contributed by atoms with Crippen LogP contribution in [0.25, 0.3) is 11.0 Å². The van der Waals surface area contributed by atoms with E-state index in [0.29, 0.717) is 30.0 Å². The number of anilines is 2. The molecule has 1 unspecified atom stereocenters. The number of aromatic amines is 1. The van der Waals surface area contributed by atoms with Crippen molar-refractivity contribution in [3.05, 3.63) is 70.7 Å². The maximum atomic E-state index is 13.2. The van der Waals surface area contributed by atoms with Gasteiger partial charge in [-0.05, 0) is 55.1 Å². The van der Waals surface area contributed by atoms with Crippen LogP contribution >= 0.6 is 15.9 Å². The molecule has 0 spiro atoms. The maximum absolute atomic E-state index is 13.2. The Morgan fingerprint density at radius 3 is 2.77 bits per heavy atom. The number of benzene rings is 1. The largest absolute Gasteiger partial charge is 0.444 e. The summed E-state index contributed by atoms with van der Waals surface area (Å²) in [6.07, 6.45) is 8.13. The second-order valence-corrected chi connectivity index (χ2v) is 11.5. The predicted molar refractivity (Wildman–Crippen MR) is 154 cm³/mol. The van der Waals surface area contributed by atoms with Crippen LogP contribution in [0.2, 0.25) is 0 Å². The maximum Gasteiger partial charge on any atom is 0.407 e. The molecule has 0 saturated carbocycles. The Morgan fingerprint density at radius 1 is 1.21 bits per heavy atom. The molecule has 3 aromatic heterocycles. The first kappa shape index (κ1) is 26.7. The van der Waals surface area contributed by atoms with E-state index in [4.69, 9.17) is 4.74 Å². The highest BCUT2D eigenvalue weighted by atomic mass is 79.9. The van der Waals surface area contributed by atoms with Crippen LogP contribution in [0.3, 0.4) is 0 Å². The Hall–Kier alpha value is -3.86. The van der Waals surface area contributed by atoms with Crippen molar-refractivity contribution in [2.75, 3.05) is 23.3 Å². The number of carbonyl (C=O) groups excluding carboxylic acids is 2. The minimum absolute atomic E-state index is 0.0730. The number of pyridine rings is 1. The van der Waals surface area contributed by atoms with Crippen molar-refractivity contribution in [2.45, 2.75) is 51.8 Å². The van der Waals surface area contributed by atoms with Gasteiger partial charge in [-0.1, -0.05) is 30.3 Å². The third-order valence-corrected chi connectivity index (χ3v) is 7.00. The number of hydrogen-bond acceptors (Lipinski definition) is 6. The summed E-state index contributed by atoms with van der Waals surface area (Å²) < 4.78 is 8.00. The third kappa shape index (κ3) is 6.42. The molecule has 2 amide bonds. The second kappa shape index (κ2) is 11.1. The number of nitrogens with zero attached hydrogens (tertiary/aromatic N) is 4. The number of amides is 2. The van der Waals surface area contributed by atoms with E-state index < -0.39 is 11.7 Å². The van der Waals surface area contributed by atoms with E-state index in [1.807, 2.05) is 51.1 Å². The highest BCUT2D eigenvalue weighted by Crippen LogP contribution is 2.39. The van der Waals surface area contributed by atoms with Gasteiger partial charge in [0.25, 0.3) is 5.91 Å². The van der Waals surface area contributed by atoms with E-state index in [2.05, 4.69) is 46.5 Å².